The molecule has 2 rings (SSSR count). The first-order valence-electron chi connectivity index (χ1n) is 5.75. The predicted molar refractivity (Wildman–Crippen MR) is 65.5 cm³/mol. The molecule has 0 bridgehead atoms. The second-order valence-corrected chi connectivity index (χ2v) is 6.72. The minimum Gasteiger partial charge on any atom is -0.351 e. The summed E-state index contributed by atoms with van der Waals surface area (Å²) in [5, 5.41) is 1.95. The van der Waals surface area contributed by atoms with E-state index in [4.69, 9.17) is 0 Å². The molecule has 0 aliphatic carbocycles. The highest BCUT2D eigenvalue weighted by Crippen LogP contribution is 2.19. The maximum absolute atomic E-state index is 13.3. The summed E-state index contributed by atoms with van der Waals surface area (Å²) in [6, 6.07) is 5.62. The number of carbonyl (C=O) groups excluding carboxylic acids is 1. The highest BCUT2D eigenvalue weighted by molar-refractivity contribution is 7.92. The third-order valence-corrected chi connectivity index (χ3v) is 5.35. The van der Waals surface area contributed by atoms with E-state index in [1.807, 2.05) is 0 Å². The number of halogens is 1. The van der Waals surface area contributed by atoms with Crippen LogP contribution in [0.4, 0.5) is 4.39 Å². The third-order valence-electron chi connectivity index (χ3n) is 3.07. The molecule has 1 N–H and O–H groups in total. The van der Waals surface area contributed by atoms with Crippen molar-refractivity contribution in [3.63, 3.8) is 0 Å². The van der Waals surface area contributed by atoms with E-state index in [0.717, 1.165) is 0 Å². The summed E-state index contributed by atoms with van der Waals surface area (Å²) in [5.41, 5.74) is -0.0621. The molecule has 1 amide bonds. The van der Waals surface area contributed by atoms with Crippen molar-refractivity contribution >= 4 is 15.7 Å². The fourth-order valence-corrected chi connectivity index (χ4v) is 3.80. The standard InChI is InChI=1S/C12H14FNO3S/c13-11-6-2-1-5-10(11)12(15)14-8-9-4-3-7-18(9,16)17/h1-2,5-6,9H,3-4,7-8H2,(H,14,15). The number of nitrogens with one attached hydrogen (secondary N) is 1. The molecule has 0 spiro atoms. The van der Waals surface area contributed by atoms with Gasteiger partial charge in [0.05, 0.1) is 16.6 Å². The molecule has 1 aliphatic rings. The Labute approximate surface area is 105 Å². The summed E-state index contributed by atoms with van der Waals surface area (Å²) in [4.78, 5) is 11.7. The van der Waals surface area contributed by atoms with Gasteiger partial charge in [0, 0.05) is 6.54 Å². The monoisotopic (exact) mass is 271 g/mol. The van der Waals surface area contributed by atoms with Gasteiger partial charge < -0.3 is 5.32 Å². The van der Waals surface area contributed by atoms with E-state index in [9.17, 15) is 17.6 Å². The van der Waals surface area contributed by atoms with Gasteiger partial charge in [-0.1, -0.05) is 12.1 Å². The molecule has 1 aliphatic heterocycles. The van der Waals surface area contributed by atoms with Crippen molar-refractivity contribution in [3.8, 4) is 0 Å². The molecule has 1 aromatic rings. The molecule has 1 atom stereocenters. The Hall–Kier alpha value is -1.43. The highest BCUT2D eigenvalue weighted by atomic mass is 32.2. The van der Waals surface area contributed by atoms with Gasteiger partial charge in [-0.25, -0.2) is 12.8 Å². The second kappa shape index (κ2) is 5.06. The van der Waals surface area contributed by atoms with Crippen molar-refractivity contribution in [1.29, 1.82) is 0 Å². The summed E-state index contributed by atoms with van der Waals surface area (Å²) in [6.07, 6.45) is 1.18. The van der Waals surface area contributed by atoms with E-state index < -0.39 is 26.8 Å². The Morgan fingerprint density at radius 3 is 2.72 bits per heavy atom. The number of sulfone groups is 1. The van der Waals surface area contributed by atoms with E-state index >= 15 is 0 Å². The van der Waals surface area contributed by atoms with Crippen LogP contribution in [0.3, 0.4) is 0 Å². The molecule has 1 heterocycles. The lowest BCUT2D eigenvalue weighted by Gasteiger charge is -2.11. The SMILES string of the molecule is O=C(NCC1CCCS1(=O)=O)c1ccccc1F. The number of benzene rings is 1. The van der Waals surface area contributed by atoms with Crippen LogP contribution in [0.2, 0.25) is 0 Å². The molecule has 0 aromatic heterocycles. The topological polar surface area (TPSA) is 63.2 Å². The zero-order chi connectivity index (χ0) is 13.2. The van der Waals surface area contributed by atoms with Gasteiger partial charge in [-0.2, -0.15) is 0 Å². The summed E-state index contributed by atoms with van der Waals surface area (Å²) in [7, 11) is -3.08. The van der Waals surface area contributed by atoms with Gasteiger partial charge in [0.2, 0.25) is 0 Å². The van der Waals surface area contributed by atoms with Crippen LogP contribution in [0.25, 0.3) is 0 Å². The largest absolute Gasteiger partial charge is 0.351 e. The highest BCUT2D eigenvalue weighted by Gasteiger charge is 2.31. The summed E-state index contributed by atoms with van der Waals surface area (Å²) < 4.78 is 36.4. The minimum absolute atomic E-state index is 0.0511. The quantitative estimate of drug-likeness (QED) is 0.896. The Bertz CT molecular complexity index is 556. The molecule has 1 unspecified atom stereocenters. The summed E-state index contributed by atoms with van der Waals surface area (Å²) >= 11 is 0. The van der Waals surface area contributed by atoms with Crippen LogP contribution in [0.15, 0.2) is 24.3 Å². The van der Waals surface area contributed by atoms with Crippen molar-refractivity contribution < 1.29 is 17.6 Å². The molecule has 0 radical (unpaired) electrons. The lowest BCUT2D eigenvalue weighted by molar-refractivity contribution is 0.0949. The average molecular weight is 271 g/mol. The lowest BCUT2D eigenvalue weighted by atomic mass is 10.2. The third kappa shape index (κ3) is 2.69. The molecule has 0 saturated carbocycles. The first kappa shape index (κ1) is 13.0. The summed E-state index contributed by atoms with van der Waals surface area (Å²) in [5.74, 6) is -1.01. The van der Waals surface area contributed by atoms with Crippen molar-refractivity contribution in [2.24, 2.45) is 0 Å². The number of rotatable bonds is 3. The normalized spacial score (nSPS) is 21.7. The van der Waals surface area contributed by atoms with E-state index in [1.54, 1.807) is 6.07 Å². The molecule has 1 fully saturated rings. The Morgan fingerprint density at radius 2 is 2.11 bits per heavy atom. The Kier molecular flexibility index (Phi) is 3.65. The smallest absolute Gasteiger partial charge is 0.254 e. The van der Waals surface area contributed by atoms with Gasteiger partial charge in [-0.05, 0) is 25.0 Å². The van der Waals surface area contributed by atoms with Crippen LogP contribution >= 0.6 is 0 Å². The maximum Gasteiger partial charge on any atom is 0.254 e. The predicted octanol–water partition coefficient (Wildman–Crippen LogP) is 1.13. The van der Waals surface area contributed by atoms with Gasteiger partial charge in [0.1, 0.15) is 5.82 Å². The summed E-state index contributed by atoms with van der Waals surface area (Å²) in [6.45, 7) is 0.0511. The van der Waals surface area contributed by atoms with Crippen molar-refractivity contribution in [1.82, 2.24) is 5.32 Å². The van der Waals surface area contributed by atoms with Crippen LogP contribution in [-0.4, -0.2) is 31.9 Å². The zero-order valence-corrected chi connectivity index (χ0v) is 10.5. The van der Waals surface area contributed by atoms with Crippen molar-refractivity contribution in [2.45, 2.75) is 18.1 Å². The van der Waals surface area contributed by atoms with Crippen molar-refractivity contribution in [2.75, 3.05) is 12.3 Å². The minimum atomic E-state index is -3.08. The lowest BCUT2D eigenvalue weighted by Crippen LogP contribution is -2.34. The van der Waals surface area contributed by atoms with Crippen LogP contribution in [0.1, 0.15) is 23.2 Å². The first-order valence-corrected chi connectivity index (χ1v) is 7.46. The number of hydrogen-bond donors (Lipinski definition) is 1. The molecular formula is C12H14FNO3S. The average Bonchev–Trinajstić information content (AvgIpc) is 2.66. The number of hydrogen-bond acceptors (Lipinski definition) is 3. The Morgan fingerprint density at radius 1 is 1.39 bits per heavy atom. The van der Waals surface area contributed by atoms with Gasteiger partial charge in [0.25, 0.3) is 5.91 Å². The molecule has 1 saturated heterocycles. The first-order chi connectivity index (χ1) is 8.50. The molecule has 6 heteroatoms. The Balaban J connectivity index is 1.99. The molecule has 4 nitrogen and oxygen atoms in total. The fourth-order valence-electron chi connectivity index (χ4n) is 2.03. The molecule has 18 heavy (non-hydrogen) atoms. The maximum atomic E-state index is 13.3. The van der Waals surface area contributed by atoms with Gasteiger partial charge in [0.15, 0.2) is 9.84 Å². The van der Waals surface area contributed by atoms with Crippen LogP contribution in [0, 0.1) is 5.82 Å². The van der Waals surface area contributed by atoms with Crippen molar-refractivity contribution in [3.05, 3.63) is 35.6 Å². The molecule has 98 valence electrons. The van der Waals surface area contributed by atoms with E-state index in [-0.39, 0.29) is 17.9 Å². The second-order valence-electron chi connectivity index (χ2n) is 4.32. The zero-order valence-electron chi connectivity index (χ0n) is 9.73. The van der Waals surface area contributed by atoms with Crippen LogP contribution in [-0.2, 0) is 9.84 Å². The number of carbonyl (C=O) groups is 1. The van der Waals surface area contributed by atoms with Gasteiger partial charge in [-0.15, -0.1) is 0 Å². The van der Waals surface area contributed by atoms with E-state index in [2.05, 4.69) is 5.32 Å². The van der Waals surface area contributed by atoms with Crippen LogP contribution < -0.4 is 5.32 Å². The number of amides is 1. The van der Waals surface area contributed by atoms with Gasteiger partial charge >= 0.3 is 0 Å². The van der Waals surface area contributed by atoms with E-state index in [0.29, 0.717) is 12.8 Å². The van der Waals surface area contributed by atoms with E-state index in [1.165, 1.54) is 18.2 Å². The fraction of sp³-hybridized carbons (Fsp3) is 0.417. The molecular weight excluding hydrogens is 257 g/mol. The molecule has 1 aromatic carbocycles. The van der Waals surface area contributed by atoms with Crippen LogP contribution in [0.5, 0.6) is 0 Å². The van der Waals surface area contributed by atoms with Gasteiger partial charge in [-0.3, -0.25) is 4.79 Å².